The predicted molar refractivity (Wildman–Crippen MR) is 108 cm³/mol. The van der Waals surface area contributed by atoms with E-state index < -0.39 is 0 Å². The minimum atomic E-state index is -0.251. The Morgan fingerprint density at radius 1 is 1.11 bits per heavy atom. The summed E-state index contributed by atoms with van der Waals surface area (Å²) >= 11 is 12.4. The molecule has 1 aromatic heterocycles. The van der Waals surface area contributed by atoms with Crippen molar-refractivity contribution in [3.05, 3.63) is 75.4 Å². The standard InChI is InChI=1S/C21H19Cl2N3O/c1-12(2)11-26-20(14-8-9-15(22)16(23)10-14)17-18(13-6-4-3-5-7-13)24-25-19(17)21(26)27/h3-10,12,20H,11H2,1-2H3,(H,24,25). The van der Waals surface area contributed by atoms with E-state index in [1.165, 1.54) is 0 Å². The first-order chi connectivity index (χ1) is 13.0. The molecular formula is C21H19Cl2N3O. The largest absolute Gasteiger partial charge is 0.326 e. The first-order valence-electron chi connectivity index (χ1n) is 8.87. The van der Waals surface area contributed by atoms with Crippen molar-refractivity contribution < 1.29 is 4.79 Å². The van der Waals surface area contributed by atoms with Gasteiger partial charge in [-0.25, -0.2) is 0 Å². The summed E-state index contributed by atoms with van der Waals surface area (Å²) in [5.41, 5.74) is 4.13. The van der Waals surface area contributed by atoms with Crippen LogP contribution >= 0.6 is 23.2 Å². The van der Waals surface area contributed by atoms with Crippen molar-refractivity contribution in [3.63, 3.8) is 0 Å². The molecule has 1 aliphatic rings. The number of hydrogen-bond donors (Lipinski definition) is 1. The quantitative estimate of drug-likeness (QED) is 0.621. The summed E-state index contributed by atoms with van der Waals surface area (Å²) in [5, 5.41) is 8.39. The van der Waals surface area contributed by atoms with E-state index in [4.69, 9.17) is 23.2 Å². The van der Waals surface area contributed by atoms with Crippen molar-refractivity contribution in [1.29, 1.82) is 0 Å². The van der Waals surface area contributed by atoms with Crippen LogP contribution in [0.2, 0.25) is 10.0 Å². The van der Waals surface area contributed by atoms with E-state index >= 15 is 0 Å². The number of nitrogens with one attached hydrogen (secondary N) is 1. The molecule has 0 fully saturated rings. The lowest BCUT2D eigenvalue weighted by molar-refractivity contribution is 0.0722. The highest BCUT2D eigenvalue weighted by Crippen LogP contribution is 2.44. The Morgan fingerprint density at radius 2 is 1.85 bits per heavy atom. The summed E-state index contributed by atoms with van der Waals surface area (Å²) in [6, 6.07) is 15.2. The molecule has 1 amide bonds. The second-order valence-electron chi connectivity index (χ2n) is 7.15. The molecule has 138 valence electrons. The van der Waals surface area contributed by atoms with Crippen LogP contribution in [0, 0.1) is 5.92 Å². The molecule has 1 unspecified atom stereocenters. The number of amides is 1. The molecule has 6 heteroatoms. The molecule has 4 rings (SSSR count). The first kappa shape index (κ1) is 18.1. The fourth-order valence-electron chi connectivity index (χ4n) is 3.62. The Labute approximate surface area is 168 Å². The third-order valence-corrected chi connectivity index (χ3v) is 5.47. The molecule has 0 saturated heterocycles. The molecule has 4 nitrogen and oxygen atoms in total. The number of benzene rings is 2. The molecule has 27 heavy (non-hydrogen) atoms. The first-order valence-corrected chi connectivity index (χ1v) is 9.62. The maximum Gasteiger partial charge on any atom is 0.273 e. The molecule has 0 radical (unpaired) electrons. The van der Waals surface area contributed by atoms with Gasteiger partial charge in [-0.3, -0.25) is 9.89 Å². The number of aromatic amines is 1. The highest BCUT2D eigenvalue weighted by atomic mass is 35.5. The van der Waals surface area contributed by atoms with Crippen LogP contribution in [0.25, 0.3) is 11.3 Å². The van der Waals surface area contributed by atoms with E-state index in [1.54, 1.807) is 6.07 Å². The smallest absolute Gasteiger partial charge is 0.273 e. The zero-order valence-electron chi connectivity index (χ0n) is 15.0. The molecule has 1 atom stereocenters. The molecule has 2 aromatic carbocycles. The predicted octanol–water partition coefficient (Wildman–Crippen LogP) is 5.58. The topological polar surface area (TPSA) is 49.0 Å². The molecule has 0 aliphatic carbocycles. The average molecular weight is 400 g/mol. The van der Waals surface area contributed by atoms with Crippen LogP contribution < -0.4 is 0 Å². The molecular weight excluding hydrogens is 381 g/mol. The lowest BCUT2D eigenvalue weighted by Crippen LogP contribution is -2.32. The van der Waals surface area contributed by atoms with Gasteiger partial charge in [-0.2, -0.15) is 5.10 Å². The van der Waals surface area contributed by atoms with E-state index in [-0.39, 0.29) is 11.9 Å². The van der Waals surface area contributed by atoms with Crippen LogP contribution in [0.4, 0.5) is 0 Å². The van der Waals surface area contributed by atoms with Crippen LogP contribution in [0.1, 0.15) is 41.5 Å². The van der Waals surface area contributed by atoms with E-state index in [2.05, 4.69) is 24.0 Å². The Bertz CT molecular complexity index is 998. The number of H-pyrrole nitrogens is 1. The summed E-state index contributed by atoms with van der Waals surface area (Å²) in [5.74, 6) is 0.292. The molecule has 1 N–H and O–H groups in total. The Kier molecular flexibility index (Phi) is 4.70. The summed E-state index contributed by atoms with van der Waals surface area (Å²) in [6.45, 7) is 4.84. The Hall–Kier alpha value is -2.30. The van der Waals surface area contributed by atoms with Gasteiger partial charge in [0.05, 0.1) is 21.8 Å². The van der Waals surface area contributed by atoms with Crippen LogP contribution in [0.3, 0.4) is 0 Å². The van der Waals surface area contributed by atoms with Crippen molar-refractivity contribution in [2.24, 2.45) is 5.92 Å². The van der Waals surface area contributed by atoms with Gasteiger partial charge in [0, 0.05) is 17.7 Å². The van der Waals surface area contributed by atoms with E-state index in [0.29, 0.717) is 28.2 Å². The Balaban J connectivity index is 1.90. The van der Waals surface area contributed by atoms with Gasteiger partial charge in [0.25, 0.3) is 5.91 Å². The van der Waals surface area contributed by atoms with Gasteiger partial charge in [0.1, 0.15) is 5.69 Å². The van der Waals surface area contributed by atoms with Crippen molar-refractivity contribution in [3.8, 4) is 11.3 Å². The van der Waals surface area contributed by atoms with Crippen molar-refractivity contribution in [1.82, 2.24) is 15.1 Å². The SMILES string of the molecule is CC(C)CN1C(=O)c2[nH]nc(-c3ccccc3)c2C1c1ccc(Cl)c(Cl)c1. The number of fused-ring (bicyclic) bond motifs is 1. The lowest BCUT2D eigenvalue weighted by atomic mass is 9.96. The molecule has 0 spiro atoms. The van der Waals surface area contributed by atoms with Crippen LogP contribution in [0.5, 0.6) is 0 Å². The minimum absolute atomic E-state index is 0.0375. The molecule has 3 aromatic rings. The zero-order valence-corrected chi connectivity index (χ0v) is 16.6. The number of halogens is 2. The van der Waals surface area contributed by atoms with Crippen molar-refractivity contribution >= 4 is 29.1 Å². The van der Waals surface area contributed by atoms with Crippen LogP contribution in [0.15, 0.2) is 48.5 Å². The van der Waals surface area contributed by atoms with Crippen LogP contribution in [-0.2, 0) is 0 Å². The number of hydrogen-bond acceptors (Lipinski definition) is 2. The maximum absolute atomic E-state index is 13.1. The summed E-state index contributed by atoms with van der Waals surface area (Å²) in [7, 11) is 0. The van der Waals surface area contributed by atoms with Crippen molar-refractivity contribution in [2.45, 2.75) is 19.9 Å². The Morgan fingerprint density at radius 3 is 2.52 bits per heavy atom. The normalized spacial score (nSPS) is 16.3. The van der Waals surface area contributed by atoms with Crippen LogP contribution in [-0.4, -0.2) is 27.5 Å². The fraction of sp³-hybridized carbons (Fsp3) is 0.238. The van der Waals surface area contributed by atoms with Gasteiger partial charge in [-0.15, -0.1) is 0 Å². The zero-order chi connectivity index (χ0) is 19.1. The monoisotopic (exact) mass is 399 g/mol. The summed E-state index contributed by atoms with van der Waals surface area (Å²) < 4.78 is 0. The highest BCUT2D eigenvalue weighted by molar-refractivity contribution is 6.42. The number of rotatable bonds is 4. The van der Waals surface area contributed by atoms with E-state index in [1.807, 2.05) is 47.4 Å². The average Bonchev–Trinajstić information content (AvgIpc) is 3.18. The summed E-state index contributed by atoms with van der Waals surface area (Å²) in [6.07, 6.45) is 0. The fourth-order valence-corrected chi connectivity index (χ4v) is 3.93. The van der Waals surface area contributed by atoms with Gasteiger partial charge >= 0.3 is 0 Å². The molecule has 1 aliphatic heterocycles. The van der Waals surface area contributed by atoms with Crippen molar-refractivity contribution in [2.75, 3.05) is 6.54 Å². The lowest BCUT2D eigenvalue weighted by Gasteiger charge is -2.28. The second-order valence-corrected chi connectivity index (χ2v) is 7.97. The highest BCUT2D eigenvalue weighted by Gasteiger charge is 2.42. The number of nitrogens with zero attached hydrogens (tertiary/aromatic N) is 2. The number of carbonyl (C=O) groups excluding carboxylic acids is 1. The van der Waals surface area contributed by atoms with Gasteiger partial charge in [0.2, 0.25) is 0 Å². The van der Waals surface area contributed by atoms with E-state index in [9.17, 15) is 4.79 Å². The maximum atomic E-state index is 13.1. The van der Waals surface area contributed by atoms with Gasteiger partial charge < -0.3 is 4.90 Å². The number of aromatic nitrogens is 2. The molecule has 2 heterocycles. The second kappa shape index (κ2) is 7.02. The number of carbonyl (C=O) groups is 1. The minimum Gasteiger partial charge on any atom is -0.326 e. The summed E-state index contributed by atoms with van der Waals surface area (Å²) in [4.78, 5) is 15.0. The third-order valence-electron chi connectivity index (χ3n) is 4.73. The van der Waals surface area contributed by atoms with Gasteiger partial charge in [0.15, 0.2) is 0 Å². The molecule has 0 bridgehead atoms. The van der Waals surface area contributed by atoms with Gasteiger partial charge in [-0.1, -0.05) is 73.4 Å². The van der Waals surface area contributed by atoms with Gasteiger partial charge in [-0.05, 0) is 23.6 Å². The molecule has 0 saturated carbocycles. The van der Waals surface area contributed by atoms with E-state index in [0.717, 1.165) is 22.4 Å². The third kappa shape index (κ3) is 3.13.